The van der Waals surface area contributed by atoms with Gasteiger partial charge in [-0.15, -0.1) is 0 Å². The summed E-state index contributed by atoms with van der Waals surface area (Å²) >= 11 is 12.1. The molecule has 0 aromatic heterocycles. The Morgan fingerprint density at radius 3 is 2.55 bits per heavy atom. The van der Waals surface area contributed by atoms with Crippen molar-refractivity contribution in [2.45, 2.75) is 17.7 Å². The number of halogens is 2. The third-order valence-corrected chi connectivity index (χ3v) is 7.17. The van der Waals surface area contributed by atoms with Crippen LogP contribution in [0.4, 0.5) is 0 Å². The molecule has 1 aliphatic rings. The van der Waals surface area contributed by atoms with Crippen LogP contribution in [0, 0.1) is 0 Å². The van der Waals surface area contributed by atoms with E-state index in [1.165, 1.54) is 27.4 Å². The molecule has 156 valence electrons. The van der Waals surface area contributed by atoms with Crippen molar-refractivity contribution in [1.82, 2.24) is 9.21 Å². The monoisotopic (exact) mass is 456 g/mol. The second-order valence-corrected chi connectivity index (χ2v) is 9.57. The number of rotatable bonds is 7. The lowest BCUT2D eigenvalue weighted by Crippen LogP contribution is -2.32. The third kappa shape index (κ3) is 5.22. The van der Waals surface area contributed by atoms with Crippen LogP contribution in [-0.4, -0.2) is 56.8 Å². The molecule has 0 N–H and O–H groups in total. The quantitative estimate of drug-likeness (QED) is 0.632. The molecule has 0 saturated carbocycles. The Morgan fingerprint density at radius 2 is 1.86 bits per heavy atom. The van der Waals surface area contributed by atoms with Gasteiger partial charge in [0.05, 0.1) is 22.0 Å². The molecule has 0 aliphatic carbocycles. The van der Waals surface area contributed by atoms with E-state index in [0.29, 0.717) is 30.4 Å². The molecule has 1 saturated heterocycles. The van der Waals surface area contributed by atoms with Crippen molar-refractivity contribution in [3.05, 3.63) is 58.1 Å². The van der Waals surface area contributed by atoms with E-state index in [-0.39, 0.29) is 28.0 Å². The minimum Gasteiger partial charge on any atom is -0.492 e. The standard InChI is InChI=1S/C20H22Cl2N2O4S/c1-23(11-12-28-16-6-4-5-15(21)13-16)20(25)18-14-17(7-8-19(18)22)29(26,27)24-9-2-3-10-24/h4-8,13-14H,2-3,9-12H2,1H3. The zero-order chi connectivity index (χ0) is 21.0. The number of carbonyl (C=O) groups excluding carboxylic acids is 1. The number of nitrogens with zero attached hydrogens (tertiary/aromatic N) is 2. The highest BCUT2D eigenvalue weighted by molar-refractivity contribution is 7.89. The van der Waals surface area contributed by atoms with Gasteiger partial charge >= 0.3 is 0 Å². The highest BCUT2D eigenvalue weighted by Crippen LogP contribution is 2.26. The number of likely N-dealkylation sites (N-methyl/N-ethyl adjacent to an activating group) is 1. The van der Waals surface area contributed by atoms with Crippen molar-refractivity contribution in [3.63, 3.8) is 0 Å². The lowest BCUT2D eigenvalue weighted by molar-refractivity contribution is 0.0773. The molecular formula is C20H22Cl2N2O4S. The van der Waals surface area contributed by atoms with Crippen molar-refractivity contribution < 1.29 is 17.9 Å². The molecule has 0 atom stereocenters. The topological polar surface area (TPSA) is 66.9 Å². The van der Waals surface area contributed by atoms with E-state index >= 15 is 0 Å². The number of hydrogen-bond donors (Lipinski definition) is 0. The lowest BCUT2D eigenvalue weighted by atomic mass is 10.2. The average Bonchev–Trinajstić information content (AvgIpc) is 3.23. The summed E-state index contributed by atoms with van der Waals surface area (Å²) in [5.41, 5.74) is 0.150. The fourth-order valence-electron chi connectivity index (χ4n) is 3.07. The highest BCUT2D eigenvalue weighted by Gasteiger charge is 2.28. The second-order valence-electron chi connectivity index (χ2n) is 6.79. The van der Waals surface area contributed by atoms with Crippen LogP contribution in [0.5, 0.6) is 5.75 Å². The number of amides is 1. The predicted octanol–water partition coefficient (Wildman–Crippen LogP) is 3.93. The molecule has 3 rings (SSSR count). The van der Waals surface area contributed by atoms with Gasteiger partial charge in [-0.3, -0.25) is 4.79 Å². The molecule has 2 aromatic carbocycles. The fraction of sp³-hybridized carbons (Fsp3) is 0.350. The molecule has 29 heavy (non-hydrogen) atoms. The van der Waals surface area contributed by atoms with Gasteiger partial charge in [-0.1, -0.05) is 29.3 Å². The molecule has 0 radical (unpaired) electrons. The highest BCUT2D eigenvalue weighted by atomic mass is 35.5. The number of sulfonamides is 1. The van der Waals surface area contributed by atoms with E-state index in [1.54, 1.807) is 31.3 Å². The van der Waals surface area contributed by atoms with Gasteiger partial charge in [0.15, 0.2) is 0 Å². The molecular weight excluding hydrogens is 435 g/mol. The van der Waals surface area contributed by atoms with Gasteiger partial charge in [0.25, 0.3) is 5.91 Å². The molecule has 1 amide bonds. The third-order valence-electron chi connectivity index (χ3n) is 4.71. The van der Waals surface area contributed by atoms with Gasteiger partial charge < -0.3 is 9.64 Å². The van der Waals surface area contributed by atoms with E-state index in [9.17, 15) is 13.2 Å². The molecule has 0 spiro atoms. The Kier molecular flexibility index (Phi) is 7.05. The van der Waals surface area contributed by atoms with Crippen LogP contribution < -0.4 is 4.74 Å². The van der Waals surface area contributed by atoms with Crippen LogP contribution in [0.3, 0.4) is 0 Å². The van der Waals surface area contributed by atoms with Crippen molar-refractivity contribution in [1.29, 1.82) is 0 Å². The minimum atomic E-state index is -3.63. The predicted molar refractivity (Wildman–Crippen MR) is 113 cm³/mol. The van der Waals surface area contributed by atoms with Gasteiger partial charge in [-0.05, 0) is 49.2 Å². The minimum absolute atomic E-state index is 0.0794. The molecule has 6 nitrogen and oxygen atoms in total. The van der Waals surface area contributed by atoms with Crippen molar-refractivity contribution in [3.8, 4) is 5.75 Å². The maximum absolute atomic E-state index is 12.8. The molecule has 0 unspecified atom stereocenters. The van der Waals surface area contributed by atoms with Crippen LogP contribution in [0.2, 0.25) is 10.0 Å². The summed E-state index contributed by atoms with van der Waals surface area (Å²) < 4.78 is 32.6. The first-order chi connectivity index (χ1) is 13.8. The molecule has 2 aromatic rings. The van der Waals surface area contributed by atoms with E-state index in [4.69, 9.17) is 27.9 Å². The number of benzene rings is 2. The Balaban J connectivity index is 1.69. The Labute approximate surface area is 181 Å². The Hall–Kier alpha value is -1.80. The summed E-state index contributed by atoms with van der Waals surface area (Å²) in [5.74, 6) is 0.234. The van der Waals surface area contributed by atoms with Crippen molar-refractivity contribution >= 4 is 39.1 Å². The van der Waals surface area contributed by atoms with E-state index in [1.807, 2.05) is 0 Å². The van der Waals surface area contributed by atoms with Crippen LogP contribution in [0.15, 0.2) is 47.4 Å². The molecule has 1 aliphatic heterocycles. The van der Waals surface area contributed by atoms with Crippen molar-refractivity contribution in [2.75, 3.05) is 33.3 Å². The smallest absolute Gasteiger partial charge is 0.255 e. The SMILES string of the molecule is CN(CCOc1cccc(Cl)c1)C(=O)c1cc(S(=O)(=O)N2CCCC2)ccc1Cl. The van der Waals surface area contributed by atoms with Gasteiger partial charge in [0.1, 0.15) is 12.4 Å². The first kappa shape index (κ1) is 21.9. The fourth-order valence-corrected chi connectivity index (χ4v) is 4.99. The molecule has 1 heterocycles. The normalized spacial score (nSPS) is 14.7. The summed E-state index contributed by atoms with van der Waals surface area (Å²) in [6.45, 7) is 1.54. The maximum Gasteiger partial charge on any atom is 0.255 e. The van der Waals surface area contributed by atoms with Crippen LogP contribution in [0.1, 0.15) is 23.2 Å². The average molecular weight is 457 g/mol. The Bertz CT molecular complexity index is 992. The molecule has 1 fully saturated rings. The van der Waals surface area contributed by atoms with E-state index in [2.05, 4.69) is 0 Å². The zero-order valence-corrected chi connectivity index (χ0v) is 18.3. The van der Waals surface area contributed by atoms with Gasteiger partial charge in [-0.25, -0.2) is 8.42 Å². The van der Waals surface area contributed by atoms with Crippen LogP contribution >= 0.6 is 23.2 Å². The van der Waals surface area contributed by atoms with E-state index in [0.717, 1.165) is 12.8 Å². The first-order valence-corrected chi connectivity index (χ1v) is 11.4. The number of ether oxygens (including phenoxy) is 1. The largest absolute Gasteiger partial charge is 0.492 e. The lowest BCUT2D eigenvalue weighted by Gasteiger charge is -2.20. The summed E-state index contributed by atoms with van der Waals surface area (Å²) in [6.07, 6.45) is 1.68. The van der Waals surface area contributed by atoms with Crippen LogP contribution in [0.25, 0.3) is 0 Å². The number of carbonyl (C=O) groups is 1. The number of hydrogen-bond acceptors (Lipinski definition) is 4. The van der Waals surface area contributed by atoms with Gasteiger partial charge in [0.2, 0.25) is 10.0 Å². The maximum atomic E-state index is 12.8. The summed E-state index contributed by atoms with van der Waals surface area (Å²) in [5, 5.41) is 0.771. The van der Waals surface area contributed by atoms with Crippen LogP contribution in [-0.2, 0) is 10.0 Å². The van der Waals surface area contributed by atoms with Gasteiger partial charge in [-0.2, -0.15) is 4.31 Å². The molecule has 0 bridgehead atoms. The van der Waals surface area contributed by atoms with Crippen molar-refractivity contribution in [2.24, 2.45) is 0 Å². The van der Waals surface area contributed by atoms with E-state index < -0.39 is 10.0 Å². The summed E-state index contributed by atoms with van der Waals surface area (Å²) in [6, 6.07) is 11.2. The second kappa shape index (κ2) is 9.34. The first-order valence-electron chi connectivity index (χ1n) is 9.22. The molecule has 9 heteroatoms. The summed E-state index contributed by atoms with van der Waals surface area (Å²) in [4.78, 5) is 14.3. The Morgan fingerprint density at radius 1 is 1.14 bits per heavy atom. The summed E-state index contributed by atoms with van der Waals surface area (Å²) in [7, 11) is -2.01. The zero-order valence-electron chi connectivity index (χ0n) is 16.0. The van der Waals surface area contributed by atoms with Gasteiger partial charge in [0, 0.05) is 25.2 Å².